The lowest BCUT2D eigenvalue weighted by atomic mass is 10.1. The van der Waals surface area contributed by atoms with E-state index in [-0.39, 0.29) is 11.9 Å². The normalized spacial score (nSPS) is 10.6. The lowest BCUT2D eigenvalue weighted by Gasteiger charge is -2.26. The number of pyridine rings is 1. The van der Waals surface area contributed by atoms with Gasteiger partial charge in [-0.15, -0.1) is 0 Å². The van der Waals surface area contributed by atoms with Crippen LogP contribution in [0, 0.1) is 0 Å². The first-order valence-corrected chi connectivity index (χ1v) is 7.10. The minimum atomic E-state index is 0.0976. The summed E-state index contributed by atoms with van der Waals surface area (Å²) < 4.78 is 0. The number of nitrogens with zero attached hydrogens (tertiary/aromatic N) is 2. The molecular formula is C17H21N3O. The van der Waals surface area contributed by atoms with E-state index >= 15 is 0 Å². The second-order valence-corrected chi connectivity index (χ2v) is 5.35. The smallest absolute Gasteiger partial charge is 0.227 e. The van der Waals surface area contributed by atoms with Crippen molar-refractivity contribution < 1.29 is 4.79 Å². The zero-order valence-corrected chi connectivity index (χ0v) is 12.5. The van der Waals surface area contributed by atoms with Crippen LogP contribution in [0.3, 0.4) is 0 Å². The van der Waals surface area contributed by atoms with Crippen molar-refractivity contribution in [1.82, 2.24) is 9.88 Å². The third-order valence-electron chi connectivity index (χ3n) is 3.34. The highest BCUT2D eigenvalue weighted by Gasteiger charge is 2.18. The minimum absolute atomic E-state index is 0.0976. The predicted molar refractivity (Wildman–Crippen MR) is 84.5 cm³/mol. The van der Waals surface area contributed by atoms with Gasteiger partial charge in [0.25, 0.3) is 0 Å². The molecule has 0 unspecified atom stereocenters. The summed E-state index contributed by atoms with van der Waals surface area (Å²) >= 11 is 0. The average Bonchev–Trinajstić information content (AvgIpc) is 2.48. The maximum Gasteiger partial charge on any atom is 0.227 e. The molecule has 4 heteroatoms. The molecule has 0 saturated carbocycles. The fraction of sp³-hybridized carbons (Fsp3) is 0.294. The fourth-order valence-electron chi connectivity index (χ4n) is 2.14. The fourth-order valence-corrected chi connectivity index (χ4v) is 2.14. The molecule has 21 heavy (non-hydrogen) atoms. The largest absolute Gasteiger partial charge is 0.399 e. The van der Waals surface area contributed by atoms with Crippen LogP contribution in [-0.2, 0) is 17.8 Å². The van der Waals surface area contributed by atoms with Gasteiger partial charge in [-0.05, 0) is 43.7 Å². The summed E-state index contributed by atoms with van der Waals surface area (Å²) in [5.41, 5.74) is 8.25. The van der Waals surface area contributed by atoms with E-state index in [1.807, 2.05) is 61.2 Å². The number of nitrogen functional groups attached to an aromatic ring is 1. The molecule has 2 N–H and O–H groups in total. The van der Waals surface area contributed by atoms with Crippen LogP contribution >= 0.6 is 0 Å². The Morgan fingerprint density at radius 3 is 2.48 bits per heavy atom. The molecule has 0 aliphatic carbocycles. The summed E-state index contributed by atoms with van der Waals surface area (Å²) in [7, 11) is 0. The van der Waals surface area contributed by atoms with E-state index in [2.05, 4.69) is 4.98 Å². The molecule has 2 aromatic rings. The number of hydrogen-bond donors (Lipinski definition) is 1. The summed E-state index contributed by atoms with van der Waals surface area (Å²) in [5, 5.41) is 0. The first-order valence-electron chi connectivity index (χ1n) is 7.10. The van der Waals surface area contributed by atoms with Crippen molar-refractivity contribution in [3.05, 3.63) is 59.9 Å². The van der Waals surface area contributed by atoms with E-state index in [1.165, 1.54) is 0 Å². The van der Waals surface area contributed by atoms with Gasteiger partial charge in [0.15, 0.2) is 0 Å². The van der Waals surface area contributed by atoms with Gasteiger partial charge < -0.3 is 10.6 Å². The lowest BCUT2D eigenvalue weighted by Crippen LogP contribution is -2.37. The number of carbonyl (C=O) groups excluding carboxylic acids is 1. The average molecular weight is 283 g/mol. The van der Waals surface area contributed by atoms with Crippen LogP contribution in [0.15, 0.2) is 48.7 Å². The monoisotopic (exact) mass is 283 g/mol. The zero-order chi connectivity index (χ0) is 15.2. The lowest BCUT2D eigenvalue weighted by molar-refractivity contribution is -0.132. The van der Waals surface area contributed by atoms with Gasteiger partial charge in [-0.25, -0.2) is 0 Å². The van der Waals surface area contributed by atoms with Gasteiger partial charge in [0, 0.05) is 17.9 Å². The molecule has 1 aromatic carbocycles. The molecule has 110 valence electrons. The second kappa shape index (κ2) is 6.88. The number of amides is 1. The van der Waals surface area contributed by atoms with E-state index in [9.17, 15) is 4.79 Å². The molecule has 0 spiro atoms. The van der Waals surface area contributed by atoms with Gasteiger partial charge in [-0.2, -0.15) is 0 Å². The molecule has 0 bridgehead atoms. The number of nitrogens with two attached hydrogens (primary N) is 1. The molecule has 0 aliphatic rings. The van der Waals surface area contributed by atoms with Crippen LogP contribution in [-0.4, -0.2) is 21.8 Å². The van der Waals surface area contributed by atoms with Crippen molar-refractivity contribution in [1.29, 1.82) is 0 Å². The van der Waals surface area contributed by atoms with E-state index in [0.29, 0.717) is 18.7 Å². The molecule has 0 atom stereocenters. The Hall–Kier alpha value is -2.36. The summed E-state index contributed by atoms with van der Waals surface area (Å²) in [6.07, 6.45) is 2.13. The third kappa shape index (κ3) is 4.31. The van der Waals surface area contributed by atoms with Gasteiger partial charge in [0.1, 0.15) is 0 Å². The van der Waals surface area contributed by atoms with Gasteiger partial charge in [0.05, 0.1) is 18.7 Å². The molecule has 0 aliphatic heterocycles. The van der Waals surface area contributed by atoms with Crippen molar-refractivity contribution in [2.75, 3.05) is 5.73 Å². The van der Waals surface area contributed by atoms with Crippen molar-refractivity contribution in [3.63, 3.8) is 0 Å². The Balaban J connectivity index is 2.07. The standard InChI is InChI=1S/C17H21N3O/c1-13(2)20(12-16-5-3-4-10-19-16)17(21)11-14-6-8-15(18)9-7-14/h3-10,13H,11-12,18H2,1-2H3. The molecule has 1 aromatic heterocycles. The van der Waals surface area contributed by atoms with Gasteiger partial charge >= 0.3 is 0 Å². The van der Waals surface area contributed by atoms with Crippen LogP contribution in [0.4, 0.5) is 5.69 Å². The first kappa shape index (κ1) is 15.0. The van der Waals surface area contributed by atoms with Crippen LogP contribution in [0.2, 0.25) is 0 Å². The van der Waals surface area contributed by atoms with Gasteiger partial charge in [-0.1, -0.05) is 18.2 Å². The highest BCUT2D eigenvalue weighted by molar-refractivity contribution is 5.79. The number of hydrogen-bond acceptors (Lipinski definition) is 3. The number of anilines is 1. The highest BCUT2D eigenvalue weighted by Crippen LogP contribution is 2.11. The molecule has 1 amide bonds. The predicted octanol–water partition coefficient (Wildman–Crippen LogP) is 2.64. The van der Waals surface area contributed by atoms with Crippen molar-refractivity contribution >= 4 is 11.6 Å². The van der Waals surface area contributed by atoms with Crippen LogP contribution in [0.25, 0.3) is 0 Å². The summed E-state index contributed by atoms with van der Waals surface area (Å²) in [6, 6.07) is 13.3. The minimum Gasteiger partial charge on any atom is -0.399 e. The number of benzene rings is 1. The third-order valence-corrected chi connectivity index (χ3v) is 3.34. The zero-order valence-electron chi connectivity index (χ0n) is 12.5. The highest BCUT2D eigenvalue weighted by atomic mass is 16.2. The van der Waals surface area contributed by atoms with Crippen LogP contribution in [0.1, 0.15) is 25.1 Å². The number of carbonyl (C=O) groups is 1. The summed E-state index contributed by atoms with van der Waals surface area (Å²) in [4.78, 5) is 18.6. The van der Waals surface area contributed by atoms with Crippen LogP contribution < -0.4 is 5.73 Å². The quantitative estimate of drug-likeness (QED) is 0.858. The first-order chi connectivity index (χ1) is 10.1. The Morgan fingerprint density at radius 2 is 1.90 bits per heavy atom. The Labute approximate surface area is 125 Å². The van der Waals surface area contributed by atoms with Gasteiger partial charge in [0.2, 0.25) is 5.91 Å². The van der Waals surface area contributed by atoms with Crippen LogP contribution in [0.5, 0.6) is 0 Å². The van der Waals surface area contributed by atoms with Crippen molar-refractivity contribution in [2.45, 2.75) is 32.9 Å². The molecular weight excluding hydrogens is 262 g/mol. The Morgan fingerprint density at radius 1 is 1.19 bits per heavy atom. The summed E-state index contributed by atoms with van der Waals surface area (Å²) in [6.45, 7) is 4.57. The van der Waals surface area contributed by atoms with E-state index in [0.717, 1.165) is 11.3 Å². The molecule has 0 fully saturated rings. The Bertz CT molecular complexity index is 579. The summed E-state index contributed by atoms with van der Waals surface area (Å²) in [5.74, 6) is 0.0976. The number of aromatic nitrogens is 1. The van der Waals surface area contributed by atoms with E-state index < -0.39 is 0 Å². The SMILES string of the molecule is CC(C)N(Cc1ccccn1)C(=O)Cc1ccc(N)cc1. The molecule has 0 radical (unpaired) electrons. The molecule has 4 nitrogen and oxygen atoms in total. The maximum absolute atomic E-state index is 12.5. The number of rotatable bonds is 5. The second-order valence-electron chi connectivity index (χ2n) is 5.35. The van der Waals surface area contributed by atoms with E-state index in [4.69, 9.17) is 5.73 Å². The molecule has 0 saturated heterocycles. The molecule has 1 heterocycles. The van der Waals surface area contributed by atoms with Crippen molar-refractivity contribution in [2.24, 2.45) is 0 Å². The van der Waals surface area contributed by atoms with Crippen molar-refractivity contribution in [3.8, 4) is 0 Å². The van der Waals surface area contributed by atoms with E-state index in [1.54, 1.807) is 6.20 Å². The maximum atomic E-state index is 12.5. The molecule has 2 rings (SSSR count). The van der Waals surface area contributed by atoms with Gasteiger partial charge in [-0.3, -0.25) is 9.78 Å². The Kier molecular flexibility index (Phi) is 4.93. The topological polar surface area (TPSA) is 59.2 Å².